The van der Waals surface area contributed by atoms with Crippen LogP contribution in [-0.2, 0) is 19.6 Å². The first kappa shape index (κ1) is 24.5. The summed E-state index contributed by atoms with van der Waals surface area (Å²) in [5.41, 5.74) is 1.10. The van der Waals surface area contributed by atoms with Crippen LogP contribution < -0.4 is 5.32 Å². The molecule has 1 aromatic carbocycles. The summed E-state index contributed by atoms with van der Waals surface area (Å²) in [4.78, 5) is 29.8. The zero-order valence-electron chi connectivity index (χ0n) is 19.0. The molecule has 2 atom stereocenters. The molecule has 0 aliphatic carbocycles. The quantitative estimate of drug-likeness (QED) is 0.695. The van der Waals surface area contributed by atoms with E-state index in [1.165, 1.54) is 18.5 Å². The second-order valence-corrected chi connectivity index (χ2v) is 10.9. The average molecular weight is 483 g/mol. The van der Waals surface area contributed by atoms with Crippen LogP contribution in [0.3, 0.4) is 0 Å². The van der Waals surface area contributed by atoms with Crippen LogP contribution in [0.15, 0.2) is 29.4 Å². The number of likely N-dealkylation sites (tertiary alicyclic amines) is 1. The van der Waals surface area contributed by atoms with E-state index >= 15 is 0 Å². The lowest BCUT2D eigenvalue weighted by Gasteiger charge is -2.34. The number of sulfonamides is 1. The summed E-state index contributed by atoms with van der Waals surface area (Å²) in [6.45, 7) is 4.56. The largest absolute Gasteiger partial charge is 0.341 e. The van der Waals surface area contributed by atoms with Gasteiger partial charge in [-0.3, -0.25) is 13.9 Å². The molecule has 3 rings (SSSR count). The molecule has 0 saturated carbocycles. The summed E-state index contributed by atoms with van der Waals surface area (Å²) in [5.74, 6) is -0.745. The van der Waals surface area contributed by atoms with Crippen LogP contribution in [-0.4, -0.2) is 73.6 Å². The summed E-state index contributed by atoms with van der Waals surface area (Å²) in [7, 11) is -0.0960. The molecule has 1 aromatic rings. The van der Waals surface area contributed by atoms with Gasteiger partial charge >= 0.3 is 0 Å². The van der Waals surface area contributed by atoms with Crippen molar-refractivity contribution in [2.75, 3.05) is 27.2 Å². The Morgan fingerprint density at radius 1 is 1.22 bits per heavy atom. The molecule has 0 radical (unpaired) electrons. The summed E-state index contributed by atoms with van der Waals surface area (Å²) in [5, 5.41) is 3.01. The fourth-order valence-corrected chi connectivity index (χ4v) is 6.11. The number of likely N-dealkylation sites (N-methyl/N-ethyl adjacent to an activating group) is 1. The molecule has 1 N–H and O–H groups in total. The van der Waals surface area contributed by atoms with Gasteiger partial charge in [-0.05, 0) is 64.0 Å². The Bertz CT molecular complexity index is 1030. The number of carbonyl (C=O) groups excluding carboxylic acids is 2. The Morgan fingerprint density at radius 3 is 2.62 bits per heavy atom. The molecular formula is C22H31ClN4O4S. The number of hydrogen-bond donors (Lipinski definition) is 1. The fraction of sp³-hybridized carbons (Fsp3) is 0.545. The highest BCUT2D eigenvalue weighted by Crippen LogP contribution is 2.29. The number of rotatable bonds is 5. The smallest absolute Gasteiger partial charge is 0.264 e. The number of nitrogens with zero attached hydrogens (tertiary/aromatic N) is 3. The van der Waals surface area contributed by atoms with Crippen LogP contribution in [0.25, 0.3) is 0 Å². The van der Waals surface area contributed by atoms with Crippen molar-refractivity contribution in [1.29, 1.82) is 0 Å². The zero-order chi connectivity index (χ0) is 23.6. The molecule has 0 spiro atoms. The van der Waals surface area contributed by atoms with Crippen LogP contribution in [0.2, 0.25) is 5.02 Å². The van der Waals surface area contributed by atoms with Crippen molar-refractivity contribution < 1.29 is 18.0 Å². The lowest BCUT2D eigenvalue weighted by molar-refractivity contribution is -0.136. The molecule has 1 fully saturated rings. The van der Waals surface area contributed by atoms with E-state index in [0.29, 0.717) is 29.2 Å². The topological polar surface area (TPSA) is 90.0 Å². The van der Waals surface area contributed by atoms with Crippen molar-refractivity contribution >= 4 is 33.4 Å². The molecule has 0 aromatic heterocycles. The van der Waals surface area contributed by atoms with Gasteiger partial charge in [0.1, 0.15) is 6.04 Å². The van der Waals surface area contributed by atoms with E-state index in [4.69, 9.17) is 11.6 Å². The first-order valence-electron chi connectivity index (χ1n) is 10.7. The fourth-order valence-electron chi connectivity index (χ4n) is 4.15. The lowest BCUT2D eigenvalue weighted by Crippen LogP contribution is -2.52. The third kappa shape index (κ3) is 5.10. The van der Waals surface area contributed by atoms with Gasteiger partial charge in [-0.15, -0.1) is 0 Å². The Labute approximate surface area is 195 Å². The van der Waals surface area contributed by atoms with Gasteiger partial charge in [0.2, 0.25) is 11.8 Å². The number of aryl methyl sites for hydroxylation is 2. The second-order valence-electron chi connectivity index (χ2n) is 8.70. The summed E-state index contributed by atoms with van der Waals surface area (Å²) < 4.78 is 28.0. The first-order chi connectivity index (χ1) is 15.0. The Hall–Kier alpha value is -2.10. The Balaban J connectivity index is 1.88. The SMILES string of the molecule is Cc1cc(S(=O)(=O)N2C=CNC(=O)[C@H]2CC(=O)N2CCCC[C@H](N(C)C)C2)c(C)cc1Cl. The van der Waals surface area contributed by atoms with E-state index in [0.717, 1.165) is 23.6 Å². The molecule has 176 valence electrons. The van der Waals surface area contributed by atoms with Crippen molar-refractivity contribution in [3.05, 3.63) is 40.7 Å². The van der Waals surface area contributed by atoms with E-state index in [1.807, 2.05) is 14.1 Å². The van der Waals surface area contributed by atoms with Gasteiger partial charge in [0, 0.05) is 36.6 Å². The minimum Gasteiger partial charge on any atom is -0.341 e. The van der Waals surface area contributed by atoms with Gasteiger partial charge in [0.25, 0.3) is 10.0 Å². The molecule has 1 saturated heterocycles. The number of hydrogen-bond acceptors (Lipinski definition) is 5. The highest BCUT2D eigenvalue weighted by atomic mass is 35.5. The van der Waals surface area contributed by atoms with Crippen LogP contribution in [0, 0.1) is 13.8 Å². The van der Waals surface area contributed by atoms with Gasteiger partial charge in [0.05, 0.1) is 11.3 Å². The minimum atomic E-state index is -4.07. The zero-order valence-corrected chi connectivity index (χ0v) is 20.5. The van der Waals surface area contributed by atoms with E-state index in [9.17, 15) is 18.0 Å². The molecule has 2 aliphatic heterocycles. The van der Waals surface area contributed by atoms with E-state index in [-0.39, 0.29) is 23.3 Å². The van der Waals surface area contributed by atoms with Crippen molar-refractivity contribution in [3.63, 3.8) is 0 Å². The molecule has 8 nitrogen and oxygen atoms in total. The van der Waals surface area contributed by atoms with E-state index in [2.05, 4.69) is 10.2 Å². The highest BCUT2D eigenvalue weighted by molar-refractivity contribution is 7.89. The highest BCUT2D eigenvalue weighted by Gasteiger charge is 2.39. The van der Waals surface area contributed by atoms with E-state index < -0.39 is 22.0 Å². The number of nitrogens with one attached hydrogen (secondary N) is 1. The molecule has 0 unspecified atom stereocenters. The monoisotopic (exact) mass is 482 g/mol. The summed E-state index contributed by atoms with van der Waals surface area (Å²) in [6.07, 6.45) is 5.28. The third-order valence-electron chi connectivity index (χ3n) is 6.17. The van der Waals surface area contributed by atoms with Gasteiger partial charge in [-0.1, -0.05) is 18.0 Å². The first-order valence-corrected chi connectivity index (χ1v) is 12.6. The van der Waals surface area contributed by atoms with Crippen LogP contribution >= 0.6 is 11.6 Å². The normalized spacial score (nSPS) is 22.1. The average Bonchev–Trinajstić information content (AvgIpc) is 2.98. The standard InChI is InChI=1S/C22H31ClN4O4S/c1-15-12-20(16(2)11-18(15)23)32(30,31)27-10-8-24-22(29)19(27)13-21(28)26-9-6-5-7-17(14-26)25(3)4/h8,10-12,17,19H,5-7,9,13-14H2,1-4H3,(H,24,29)/t17-,19+/m0/s1. The summed E-state index contributed by atoms with van der Waals surface area (Å²) >= 11 is 6.14. The molecule has 10 heteroatoms. The molecule has 0 bridgehead atoms. The summed E-state index contributed by atoms with van der Waals surface area (Å²) in [6, 6.07) is 2.17. The maximum absolute atomic E-state index is 13.5. The van der Waals surface area contributed by atoms with Crippen molar-refractivity contribution in [3.8, 4) is 0 Å². The maximum Gasteiger partial charge on any atom is 0.264 e. The Morgan fingerprint density at radius 2 is 1.94 bits per heavy atom. The number of amides is 2. The Kier molecular flexibility index (Phi) is 7.52. The number of carbonyl (C=O) groups is 2. The van der Waals surface area contributed by atoms with Gasteiger partial charge in [-0.2, -0.15) is 0 Å². The van der Waals surface area contributed by atoms with Crippen molar-refractivity contribution in [1.82, 2.24) is 19.4 Å². The molecular weight excluding hydrogens is 452 g/mol. The predicted octanol–water partition coefficient (Wildman–Crippen LogP) is 2.25. The predicted molar refractivity (Wildman–Crippen MR) is 124 cm³/mol. The van der Waals surface area contributed by atoms with Crippen molar-refractivity contribution in [2.24, 2.45) is 0 Å². The van der Waals surface area contributed by atoms with Crippen LogP contribution in [0.4, 0.5) is 0 Å². The molecule has 32 heavy (non-hydrogen) atoms. The number of halogens is 1. The maximum atomic E-state index is 13.5. The minimum absolute atomic E-state index is 0.0682. The van der Waals surface area contributed by atoms with Crippen molar-refractivity contribution in [2.45, 2.75) is 56.5 Å². The second kappa shape index (κ2) is 9.80. The molecule has 2 aliphatic rings. The third-order valence-corrected chi connectivity index (χ3v) is 8.50. The van der Waals surface area contributed by atoms with Gasteiger partial charge in [-0.25, -0.2) is 8.42 Å². The van der Waals surface area contributed by atoms with E-state index in [1.54, 1.807) is 24.8 Å². The molecule has 2 heterocycles. The number of benzene rings is 1. The molecule has 2 amide bonds. The van der Waals surface area contributed by atoms with Gasteiger partial charge in [0.15, 0.2) is 0 Å². The lowest BCUT2D eigenvalue weighted by atomic mass is 10.1. The van der Waals surface area contributed by atoms with Gasteiger partial charge < -0.3 is 15.1 Å². The van der Waals surface area contributed by atoms with Crippen LogP contribution in [0.5, 0.6) is 0 Å². The van der Waals surface area contributed by atoms with Crippen LogP contribution in [0.1, 0.15) is 36.8 Å².